The van der Waals surface area contributed by atoms with Crippen LogP contribution in [-0.4, -0.2) is 13.7 Å². The van der Waals surface area contributed by atoms with Crippen LogP contribution in [0.2, 0.25) is 0 Å². The number of benzene rings is 2. The van der Waals surface area contributed by atoms with Crippen LogP contribution in [0.1, 0.15) is 11.1 Å². The molecular formula is C16H18N2O. The predicted octanol–water partition coefficient (Wildman–Crippen LogP) is 3.08. The van der Waals surface area contributed by atoms with Crippen LogP contribution in [-0.2, 0) is 13.0 Å². The Morgan fingerprint density at radius 3 is 2.95 bits per heavy atom. The van der Waals surface area contributed by atoms with Gasteiger partial charge in [0.25, 0.3) is 0 Å². The maximum Gasteiger partial charge on any atom is 0.120 e. The lowest BCUT2D eigenvalue weighted by Gasteiger charge is -2.21. The molecule has 2 N–H and O–H groups in total. The summed E-state index contributed by atoms with van der Waals surface area (Å²) in [7, 11) is 1.69. The molecular weight excluding hydrogens is 236 g/mol. The van der Waals surface area contributed by atoms with Gasteiger partial charge in [0.1, 0.15) is 5.75 Å². The Morgan fingerprint density at radius 2 is 2.05 bits per heavy atom. The monoisotopic (exact) mass is 254 g/mol. The first kappa shape index (κ1) is 12.1. The molecule has 0 radical (unpaired) electrons. The highest BCUT2D eigenvalue weighted by atomic mass is 16.5. The van der Waals surface area contributed by atoms with Crippen LogP contribution in [0, 0.1) is 0 Å². The Morgan fingerprint density at radius 1 is 1.16 bits per heavy atom. The molecule has 0 aromatic heterocycles. The van der Waals surface area contributed by atoms with Crippen LogP contribution in [0.3, 0.4) is 0 Å². The molecule has 3 rings (SSSR count). The van der Waals surface area contributed by atoms with Gasteiger partial charge >= 0.3 is 0 Å². The molecule has 98 valence electrons. The fourth-order valence-electron chi connectivity index (χ4n) is 2.51. The average Bonchev–Trinajstić information content (AvgIpc) is 2.48. The highest BCUT2D eigenvalue weighted by Gasteiger charge is 2.12. The molecule has 0 spiro atoms. The number of methoxy groups -OCH3 is 1. The van der Waals surface area contributed by atoms with E-state index in [0.29, 0.717) is 0 Å². The Hall–Kier alpha value is -2.00. The van der Waals surface area contributed by atoms with Gasteiger partial charge in [-0.1, -0.05) is 18.2 Å². The molecule has 0 amide bonds. The fourth-order valence-corrected chi connectivity index (χ4v) is 2.51. The van der Waals surface area contributed by atoms with Gasteiger partial charge in [-0.3, -0.25) is 0 Å². The van der Waals surface area contributed by atoms with Gasteiger partial charge in [0.2, 0.25) is 0 Å². The number of fused-ring (bicyclic) bond motifs is 1. The molecule has 2 aromatic rings. The second-order valence-corrected chi connectivity index (χ2v) is 4.73. The van der Waals surface area contributed by atoms with Crippen LogP contribution in [0.25, 0.3) is 0 Å². The van der Waals surface area contributed by atoms with Gasteiger partial charge < -0.3 is 15.4 Å². The molecule has 3 nitrogen and oxygen atoms in total. The van der Waals surface area contributed by atoms with E-state index in [1.165, 1.54) is 16.8 Å². The zero-order valence-electron chi connectivity index (χ0n) is 11.1. The quantitative estimate of drug-likeness (QED) is 0.883. The fraction of sp³-hybridized carbons (Fsp3) is 0.250. The van der Waals surface area contributed by atoms with Gasteiger partial charge in [-0.25, -0.2) is 0 Å². The summed E-state index contributed by atoms with van der Waals surface area (Å²) in [5.74, 6) is 0.872. The summed E-state index contributed by atoms with van der Waals surface area (Å²) in [5, 5.41) is 6.90. The molecule has 0 aliphatic carbocycles. The summed E-state index contributed by atoms with van der Waals surface area (Å²) < 4.78 is 5.26. The van der Waals surface area contributed by atoms with E-state index in [-0.39, 0.29) is 0 Å². The van der Waals surface area contributed by atoms with Crippen LogP contribution in [0.4, 0.5) is 11.4 Å². The zero-order valence-corrected chi connectivity index (χ0v) is 11.1. The lowest BCUT2D eigenvalue weighted by molar-refractivity contribution is 0.415. The second kappa shape index (κ2) is 5.33. The highest BCUT2D eigenvalue weighted by Crippen LogP contribution is 2.27. The number of anilines is 2. The zero-order chi connectivity index (χ0) is 13.1. The van der Waals surface area contributed by atoms with E-state index in [1.807, 2.05) is 18.2 Å². The number of rotatable bonds is 3. The first-order chi connectivity index (χ1) is 9.36. The number of ether oxygens (including phenoxy) is 1. The lowest BCUT2D eigenvalue weighted by atomic mass is 9.99. The minimum atomic E-state index is 0.872. The molecule has 1 heterocycles. The number of nitrogens with one attached hydrogen (secondary N) is 2. The van der Waals surface area contributed by atoms with Gasteiger partial charge in [0.05, 0.1) is 7.11 Å². The van der Waals surface area contributed by atoms with Crippen molar-refractivity contribution in [3.63, 3.8) is 0 Å². The number of hydrogen-bond acceptors (Lipinski definition) is 3. The first-order valence-electron chi connectivity index (χ1n) is 6.59. The third-order valence-corrected chi connectivity index (χ3v) is 3.49. The summed E-state index contributed by atoms with van der Waals surface area (Å²) in [6.45, 7) is 2.01. The van der Waals surface area contributed by atoms with Crippen LogP contribution < -0.4 is 15.4 Å². The molecule has 0 fully saturated rings. The summed E-state index contributed by atoms with van der Waals surface area (Å²) in [4.78, 5) is 0. The third-order valence-electron chi connectivity index (χ3n) is 3.49. The van der Waals surface area contributed by atoms with Crippen molar-refractivity contribution in [3.05, 3.63) is 53.6 Å². The first-order valence-corrected chi connectivity index (χ1v) is 6.59. The highest BCUT2D eigenvalue weighted by molar-refractivity contribution is 5.66. The van der Waals surface area contributed by atoms with E-state index in [2.05, 4.69) is 34.9 Å². The summed E-state index contributed by atoms with van der Waals surface area (Å²) in [6.07, 6.45) is 1.07. The van der Waals surface area contributed by atoms with Crippen molar-refractivity contribution < 1.29 is 4.74 Å². The normalized spacial score (nSPS) is 13.7. The summed E-state index contributed by atoms with van der Waals surface area (Å²) in [5.41, 5.74) is 5.07. The minimum Gasteiger partial charge on any atom is -0.497 e. The van der Waals surface area contributed by atoms with Crippen molar-refractivity contribution in [1.29, 1.82) is 0 Å². The molecule has 2 aromatic carbocycles. The van der Waals surface area contributed by atoms with Crippen LogP contribution >= 0.6 is 0 Å². The molecule has 19 heavy (non-hydrogen) atoms. The molecule has 0 saturated carbocycles. The largest absolute Gasteiger partial charge is 0.497 e. The molecule has 0 atom stereocenters. The Balaban J connectivity index is 1.90. The van der Waals surface area contributed by atoms with Gasteiger partial charge in [0.15, 0.2) is 0 Å². The minimum absolute atomic E-state index is 0.872. The average molecular weight is 254 g/mol. The standard InChI is InChI=1S/C16H18N2O/c1-19-14-6-3-5-13(10-14)18-16-7-2-4-12-11-17-9-8-15(12)16/h2-7,10,17-18H,8-9,11H2,1H3. The van der Waals surface area contributed by atoms with Crippen molar-refractivity contribution >= 4 is 11.4 Å². The lowest BCUT2D eigenvalue weighted by Crippen LogP contribution is -2.24. The smallest absolute Gasteiger partial charge is 0.120 e. The molecule has 1 aliphatic heterocycles. The maximum atomic E-state index is 5.26. The maximum absolute atomic E-state index is 5.26. The summed E-state index contributed by atoms with van der Waals surface area (Å²) >= 11 is 0. The van der Waals surface area contributed by atoms with E-state index in [9.17, 15) is 0 Å². The van der Waals surface area contributed by atoms with Gasteiger partial charge in [-0.15, -0.1) is 0 Å². The second-order valence-electron chi connectivity index (χ2n) is 4.73. The summed E-state index contributed by atoms with van der Waals surface area (Å²) in [6, 6.07) is 14.5. The number of hydrogen-bond donors (Lipinski definition) is 2. The van der Waals surface area contributed by atoms with Gasteiger partial charge in [-0.2, -0.15) is 0 Å². The molecule has 0 bridgehead atoms. The van der Waals surface area contributed by atoms with E-state index in [0.717, 1.165) is 30.9 Å². The topological polar surface area (TPSA) is 33.3 Å². The Labute approximate surface area is 113 Å². The van der Waals surface area contributed by atoms with Gasteiger partial charge in [0, 0.05) is 24.0 Å². The molecule has 0 unspecified atom stereocenters. The van der Waals surface area contributed by atoms with E-state index in [1.54, 1.807) is 7.11 Å². The SMILES string of the molecule is COc1cccc(Nc2cccc3c2CCNC3)c1. The molecule has 3 heteroatoms. The van der Waals surface area contributed by atoms with Crippen molar-refractivity contribution in [3.8, 4) is 5.75 Å². The third kappa shape index (κ3) is 2.56. The Bertz CT molecular complexity index is 581. The van der Waals surface area contributed by atoms with Crippen molar-refractivity contribution in [2.45, 2.75) is 13.0 Å². The molecule has 1 aliphatic rings. The van der Waals surface area contributed by atoms with Crippen molar-refractivity contribution in [1.82, 2.24) is 5.32 Å². The van der Waals surface area contributed by atoms with E-state index in [4.69, 9.17) is 4.74 Å². The van der Waals surface area contributed by atoms with Crippen LogP contribution in [0.5, 0.6) is 5.75 Å². The Kier molecular flexibility index (Phi) is 3.38. The molecule has 0 saturated heterocycles. The van der Waals surface area contributed by atoms with E-state index < -0.39 is 0 Å². The van der Waals surface area contributed by atoms with Crippen molar-refractivity contribution in [2.75, 3.05) is 19.0 Å². The van der Waals surface area contributed by atoms with Crippen molar-refractivity contribution in [2.24, 2.45) is 0 Å². The van der Waals surface area contributed by atoms with Crippen LogP contribution in [0.15, 0.2) is 42.5 Å². The van der Waals surface area contributed by atoms with E-state index >= 15 is 0 Å². The van der Waals surface area contributed by atoms with Gasteiger partial charge in [-0.05, 0) is 42.3 Å². The predicted molar refractivity (Wildman–Crippen MR) is 78.1 cm³/mol.